The topological polar surface area (TPSA) is 251 Å². The number of halogens is 3. The van der Waals surface area contributed by atoms with Gasteiger partial charge in [0.25, 0.3) is 0 Å². The van der Waals surface area contributed by atoms with E-state index >= 15 is 0 Å². The first-order valence-electron chi connectivity index (χ1n) is 29.8. The molecule has 0 amide bonds. The summed E-state index contributed by atoms with van der Waals surface area (Å²) in [5.41, 5.74) is 18.6. The summed E-state index contributed by atoms with van der Waals surface area (Å²) in [6.45, 7) is 5.90. The Kier molecular flexibility index (Phi) is 26.7. The minimum absolute atomic E-state index is 0.169. The van der Waals surface area contributed by atoms with Crippen LogP contribution in [0.1, 0.15) is 58.6 Å². The SMILES string of the molecule is CCO.CC[B]F.FF.N#CC1(c2ccc3c(N)ncnn23)O[C@H](COCc2ccccc2)[C@@H](OCc2ccccc2)[C@H]1OCc1ccccc1.Nc1ncnn2c(C3(O)O[C@H](COCc4ccccc4)[C@@H](OCc4ccccc4)[C@H]3OCc3ccccc3)ccc12. The lowest BCUT2D eigenvalue weighted by atomic mass is 9.92. The van der Waals surface area contributed by atoms with Gasteiger partial charge in [0.2, 0.25) is 11.4 Å². The second-order valence-electron chi connectivity index (χ2n) is 21.0. The number of nitrogens with zero attached hydrogens (tertiary/aromatic N) is 7. The van der Waals surface area contributed by atoms with Crippen molar-refractivity contribution in [3.8, 4) is 6.07 Å². The Hall–Kier alpha value is -8.90. The van der Waals surface area contributed by atoms with E-state index in [0.717, 1.165) is 33.4 Å². The Morgan fingerprint density at radius 2 is 0.837 bits per heavy atom. The van der Waals surface area contributed by atoms with Gasteiger partial charge >= 0.3 is 7.56 Å². The maximum atomic E-state index is 12.3. The Morgan fingerprint density at radius 3 is 1.22 bits per heavy atom. The molecule has 2 aliphatic heterocycles. The summed E-state index contributed by atoms with van der Waals surface area (Å²) in [6.07, 6.45) is -1.13. The highest BCUT2D eigenvalue weighted by atomic mass is 20.0. The molecule has 0 spiro atoms. The van der Waals surface area contributed by atoms with Crippen molar-refractivity contribution in [2.45, 2.75) is 108 Å². The number of aromatic nitrogens is 6. The number of hydrogen-bond acceptors (Lipinski definition) is 17. The molecule has 6 heterocycles. The van der Waals surface area contributed by atoms with Crippen LogP contribution < -0.4 is 11.5 Å². The standard InChI is InChI=1S/C33H31N5O4.C32H32N4O5.C2H5BF.C2H6O.F2/c34-22-33(29-17-16-27-32(35)36-23-37-38(27)29)31(41-20-26-14-8-3-9-15-26)30(40-19-25-12-6-2-7-13-25)28(42-33)21-39-18-24-10-4-1-5-11-24;33-31-26-16-17-28(36(26)35-22-34-31)32(37)30(40-20-25-14-8-3-9-15-25)29(39-19-24-12-6-2-7-13-24)27(41-32)21-38-18-23-10-4-1-5-11-23;1-2-3-4;1-2-3;1-2/h1-17,23,28,30-31H,18-21H2,(H2,35,36,37);1-17,22,27,29-30,37H,18-21H2,(H2,33,34,35);2H2,1H3;3H,2H2,1H3;/t28-,30-,31-,33?;27-,29-,30-,32?;;;/m11.../s1. The van der Waals surface area contributed by atoms with E-state index in [2.05, 4.69) is 26.2 Å². The lowest BCUT2D eigenvalue weighted by molar-refractivity contribution is -0.256. The second kappa shape index (κ2) is 35.6. The van der Waals surface area contributed by atoms with Crippen molar-refractivity contribution >= 4 is 30.2 Å². The van der Waals surface area contributed by atoms with Crippen LogP contribution in [0.5, 0.6) is 0 Å². The minimum Gasteiger partial charge on any atom is -0.397 e. The van der Waals surface area contributed by atoms with Gasteiger partial charge in [-0.25, -0.2) is 19.0 Å². The smallest absolute Gasteiger partial charge is 0.354 e. The molecule has 0 saturated carbocycles. The molecule has 4 aromatic heterocycles. The molecule has 6 N–H and O–H groups in total. The number of rotatable bonds is 23. The Labute approximate surface area is 533 Å². The molecule has 0 bridgehead atoms. The van der Waals surface area contributed by atoms with E-state index in [0.29, 0.717) is 68.5 Å². The second-order valence-corrected chi connectivity index (χ2v) is 21.0. The molecule has 92 heavy (non-hydrogen) atoms. The minimum atomic E-state index is -1.93. The van der Waals surface area contributed by atoms with E-state index in [1.54, 1.807) is 42.6 Å². The number of aliphatic hydroxyl groups is 2. The van der Waals surface area contributed by atoms with Crippen molar-refractivity contribution < 1.29 is 61.6 Å². The summed E-state index contributed by atoms with van der Waals surface area (Å²) in [5.74, 6) is -1.35. The number of hydrogen-bond donors (Lipinski definition) is 4. The van der Waals surface area contributed by atoms with Gasteiger partial charge in [-0.3, -0.25) is 0 Å². The van der Waals surface area contributed by atoms with E-state index < -0.39 is 48.0 Å². The molecule has 0 aliphatic carbocycles. The molecule has 2 aliphatic rings. The molecular formula is C69H74BF3N9O10. The number of benzene rings is 6. The molecule has 2 unspecified atom stereocenters. The first-order valence-corrected chi connectivity index (χ1v) is 29.8. The van der Waals surface area contributed by atoms with Crippen molar-refractivity contribution in [3.05, 3.63) is 264 Å². The van der Waals surface area contributed by atoms with Crippen LogP contribution >= 0.6 is 0 Å². The summed E-state index contributed by atoms with van der Waals surface area (Å²) in [6, 6.07) is 68.6. The van der Waals surface area contributed by atoms with Gasteiger partial charge in [0.15, 0.2) is 11.6 Å². The lowest BCUT2D eigenvalue weighted by Crippen LogP contribution is -2.45. The van der Waals surface area contributed by atoms with Crippen molar-refractivity contribution in [2.75, 3.05) is 31.3 Å². The van der Waals surface area contributed by atoms with Crippen LogP contribution in [0.15, 0.2) is 219 Å². The number of nitrogens with two attached hydrogens (primary N) is 2. The van der Waals surface area contributed by atoms with Crippen LogP contribution in [0.25, 0.3) is 11.0 Å². The van der Waals surface area contributed by atoms with E-state index in [9.17, 15) is 14.7 Å². The van der Waals surface area contributed by atoms with Gasteiger partial charge in [0.05, 0.1) is 58.5 Å². The fraction of sp³-hybridized carbons (Fsp3) is 0.290. The van der Waals surface area contributed by atoms with E-state index in [1.807, 2.05) is 182 Å². The van der Waals surface area contributed by atoms with Crippen molar-refractivity contribution in [3.63, 3.8) is 0 Å². The summed E-state index contributed by atoms with van der Waals surface area (Å²) >= 11 is 0. The van der Waals surface area contributed by atoms with Crippen LogP contribution in [0.3, 0.4) is 0 Å². The fourth-order valence-electron chi connectivity index (χ4n) is 10.5. The number of nitrogen functional groups attached to an aromatic ring is 2. The molecule has 6 aromatic carbocycles. The van der Waals surface area contributed by atoms with E-state index in [4.69, 9.17) is 63.6 Å². The Morgan fingerprint density at radius 1 is 0.511 bits per heavy atom. The third-order valence-electron chi connectivity index (χ3n) is 14.7. The summed E-state index contributed by atoms with van der Waals surface area (Å²) in [5, 5.41) is 39.5. The number of nitriles is 1. The van der Waals surface area contributed by atoms with Gasteiger partial charge in [-0.1, -0.05) is 189 Å². The van der Waals surface area contributed by atoms with Gasteiger partial charge in [-0.05, 0) is 70.9 Å². The molecule has 23 heteroatoms. The zero-order valence-electron chi connectivity index (χ0n) is 51.0. The van der Waals surface area contributed by atoms with Gasteiger partial charge in [0, 0.05) is 15.8 Å². The van der Waals surface area contributed by atoms with E-state index in [1.165, 1.54) is 17.2 Å². The molecule has 12 rings (SSSR count). The zero-order chi connectivity index (χ0) is 65.0. The van der Waals surface area contributed by atoms with Crippen molar-refractivity contribution in [1.82, 2.24) is 29.2 Å². The lowest BCUT2D eigenvalue weighted by Gasteiger charge is -2.30. The molecule has 2 fully saturated rings. The Balaban J connectivity index is 0.000000210. The summed E-state index contributed by atoms with van der Waals surface area (Å²) in [7, 11) is 0.625. The zero-order valence-corrected chi connectivity index (χ0v) is 51.0. The molecular weight excluding hydrogens is 1180 g/mol. The predicted octanol–water partition coefficient (Wildman–Crippen LogP) is 10.9. The van der Waals surface area contributed by atoms with Crippen molar-refractivity contribution in [2.24, 2.45) is 0 Å². The summed E-state index contributed by atoms with van der Waals surface area (Å²) < 4.78 is 81.1. The highest BCUT2D eigenvalue weighted by Gasteiger charge is 2.61. The number of anilines is 2. The molecule has 1 radical (unpaired) electrons. The van der Waals surface area contributed by atoms with Crippen LogP contribution in [0.2, 0.25) is 6.32 Å². The Bertz CT molecular complexity index is 3760. The van der Waals surface area contributed by atoms with Gasteiger partial charge in [0.1, 0.15) is 72.1 Å². The van der Waals surface area contributed by atoms with Crippen LogP contribution in [-0.4, -0.2) is 103 Å². The van der Waals surface area contributed by atoms with Gasteiger partial charge < -0.3 is 63.9 Å². The van der Waals surface area contributed by atoms with Crippen LogP contribution in [0.4, 0.5) is 25.1 Å². The van der Waals surface area contributed by atoms with Gasteiger partial charge in [-0.2, -0.15) is 15.5 Å². The average molecular weight is 1260 g/mol. The first-order chi connectivity index (χ1) is 45.1. The van der Waals surface area contributed by atoms with Crippen LogP contribution in [-0.2, 0) is 88.9 Å². The van der Waals surface area contributed by atoms with Crippen LogP contribution in [0, 0.1) is 11.3 Å². The first kappa shape index (κ1) is 69.0. The quantitative estimate of drug-likeness (QED) is 0.0435. The maximum absolute atomic E-state index is 12.3. The maximum Gasteiger partial charge on any atom is 0.354 e. The summed E-state index contributed by atoms with van der Waals surface area (Å²) in [4.78, 5) is 8.17. The van der Waals surface area contributed by atoms with Gasteiger partial charge in [-0.15, -0.1) is 0 Å². The predicted molar refractivity (Wildman–Crippen MR) is 340 cm³/mol. The van der Waals surface area contributed by atoms with E-state index in [-0.39, 0.29) is 38.9 Å². The fourth-order valence-corrected chi connectivity index (χ4v) is 10.5. The molecule has 10 aromatic rings. The number of aliphatic hydroxyl groups excluding tert-OH is 1. The normalized spacial score (nSPS) is 20.5. The third-order valence-corrected chi connectivity index (χ3v) is 14.7. The van der Waals surface area contributed by atoms with Crippen molar-refractivity contribution in [1.29, 1.82) is 5.26 Å². The number of ether oxygens (including phenoxy) is 8. The number of fused-ring (bicyclic) bond motifs is 2. The highest BCUT2D eigenvalue weighted by Crippen LogP contribution is 2.45. The third kappa shape index (κ3) is 17.8. The monoisotopic (exact) mass is 1260 g/mol. The molecule has 479 valence electrons. The molecule has 2 saturated heterocycles. The molecule has 19 nitrogen and oxygen atoms in total. The average Bonchev–Trinajstić information content (AvgIpc) is 1.59. The largest absolute Gasteiger partial charge is 0.397 e. The molecule has 8 atom stereocenters. The highest BCUT2D eigenvalue weighted by molar-refractivity contribution is 6.25.